The molecule has 0 aliphatic carbocycles. The third-order valence-electron chi connectivity index (χ3n) is 7.87. The van der Waals surface area contributed by atoms with Gasteiger partial charge in [0, 0.05) is 56.1 Å². The fourth-order valence-corrected chi connectivity index (χ4v) is 5.93. The quantitative estimate of drug-likeness (QED) is 0.196. The highest BCUT2D eigenvalue weighted by Crippen LogP contribution is 2.51. The molecule has 2 saturated heterocycles. The van der Waals surface area contributed by atoms with Crippen LogP contribution in [0.3, 0.4) is 0 Å². The summed E-state index contributed by atoms with van der Waals surface area (Å²) in [5.41, 5.74) is -2.01. The molecule has 9 nitrogen and oxygen atoms in total. The minimum Gasteiger partial charge on any atom is -0.386 e. The predicted molar refractivity (Wildman–Crippen MR) is 174 cm³/mol. The molecule has 0 bridgehead atoms. The van der Waals surface area contributed by atoms with Gasteiger partial charge in [-0.1, -0.05) is 23.4 Å². The normalized spacial score (nSPS) is 22.1. The maximum absolute atomic E-state index is 14.9. The second-order valence-electron chi connectivity index (χ2n) is 12.9. The molecule has 2 heterocycles. The van der Waals surface area contributed by atoms with Gasteiger partial charge < -0.3 is 25.3 Å². The van der Waals surface area contributed by atoms with Crippen LogP contribution in [0.2, 0.25) is 10.4 Å². The molecule has 1 aromatic carbocycles. The van der Waals surface area contributed by atoms with Crippen LogP contribution in [-0.4, -0.2) is 108 Å². The molecule has 2 aliphatic heterocycles. The number of benzene rings is 1. The maximum atomic E-state index is 14.9. The SMILES string of the molecule is [B]C([B])(C=O)C([B])([B])C(O)(C(=O)NC)N1CC(=C\NCc2cc(CN3CC(C)(C)OC(C)(C)C3)ccc2F)/C(=C\C=C/C)C1=O. The Hall–Kier alpha value is -3.08. The number of nitrogens with zero attached hydrogens (tertiary/aromatic N) is 2. The number of aldehydes is 1. The molecule has 0 spiro atoms. The van der Waals surface area contributed by atoms with E-state index in [0.29, 0.717) is 22.6 Å². The first-order valence-corrected chi connectivity index (χ1v) is 14.6. The van der Waals surface area contributed by atoms with E-state index in [0.717, 1.165) is 18.7 Å². The molecule has 1 aromatic rings. The van der Waals surface area contributed by atoms with E-state index in [-0.39, 0.29) is 36.2 Å². The second-order valence-corrected chi connectivity index (χ2v) is 12.9. The monoisotopic (exact) mass is 610 g/mol. The largest absolute Gasteiger partial charge is 0.386 e. The van der Waals surface area contributed by atoms with Crippen molar-refractivity contribution >= 4 is 49.5 Å². The fourth-order valence-electron chi connectivity index (χ4n) is 5.93. The zero-order chi connectivity index (χ0) is 34.0. The molecule has 8 radical (unpaired) electrons. The molecule has 232 valence electrons. The lowest BCUT2D eigenvalue weighted by molar-refractivity contribution is -0.182. The van der Waals surface area contributed by atoms with Gasteiger partial charge in [0.25, 0.3) is 11.8 Å². The number of carbonyl (C=O) groups excluding carboxylic acids is 3. The summed E-state index contributed by atoms with van der Waals surface area (Å²) in [6.45, 7) is 11.6. The topological polar surface area (TPSA) is 111 Å². The molecule has 2 amide bonds. The maximum Gasteiger partial charge on any atom is 0.272 e. The Balaban J connectivity index is 1.90. The van der Waals surface area contributed by atoms with Crippen LogP contribution >= 0.6 is 0 Å². The van der Waals surface area contributed by atoms with Crippen LogP contribution in [0.25, 0.3) is 0 Å². The molecule has 2 fully saturated rings. The molecule has 0 saturated carbocycles. The van der Waals surface area contributed by atoms with Crippen molar-refractivity contribution in [3.63, 3.8) is 0 Å². The summed E-state index contributed by atoms with van der Waals surface area (Å²) in [6.07, 6.45) is 6.19. The first-order chi connectivity index (χ1) is 20.7. The van der Waals surface area contributed by atoms with E-state index >= 15 is 0 Å². The number of halogens is 1. The van der Waals surface area contributed by atoms with Crippen LogP contribution in [-0.2, 0) is 32.2 Å². The molecule has 1 unspecified atom stereocenters. The molecule has 3 rings (SSSR count). The molecule has 2 aliphatic rings. The number of hydrogen-bond donors (Lipinski definition) is 3. The molecule has 45 heavy (non-hydrogen) atoms. The van der Waals surface area contributed by atoms with Gasteiger partial charge in [0.1, 0.15) is 12.1 Å². The van der Waals surface area contributed by atoms with E-state index in [2.05, 4.69) is 15.5 Å². The highest BCUT2D eigenvalue weighted by atomic mass is 19.1. The number of ether oxygens (including phenoxy) is 1. The number of allylic oxidation sites excluding steroid dienone is 3. The van der Waals surface area contributed by atoms with E-state index in [9.17, 15) is 23.9 Å². The number of amides is 2. The molecule has 0 aromatic heterocycles. The minimum atomic E-state index is -3.06. The van der Waals surface area contributed by atoms with E-state index in [1.807, 2.05) is 27.7 Å². The number of rotatable bonds is 11. The summed E-state index contributed by atoms with van der Waals surface area (Å²) in [7, 11) is 24.9. The Bertz CT molecular complexity index is 1400. The zero-order valence-corrected chi connectivity index (χ0v) is 26.8. The van der Waals surface area contributed by atoms with Gasteiger partial charge in [-0.25, -0.2) is 4.39 Å². The van der Waals surface area contributed by atoms with Crippen molar-refractivity contribution in [1.82, 2.24) is 20.4 Å². The van der Waals surface area contributed by atoms with Crippen molar-refractivity contribution in [3.05, 3.63) is 70.7 Å². The molecular weight excluding hydrogens is 571 g/mol. The average molecular weight is 610 g/mol. The molecule has 1 atom stereocenters. The Kier molecular flexibility index (Phi) is 10.8. The van der Waals surface area contributed by atoms with E-state index < -0.39 is 33.8 Å². The van der Waals surface area contributed by atoms with Crippen molar-refractivity contribution in [2.24, 2.45) is 0 Å². The first kappa shape index (κ1) is 36.4. The lowest BCUT2D eigenvalue weighted by Gasteiger charge is -2.53. The summed E-state index contributed by atoms with van der Waals surface area (Å²) in [5, 5.41) is 11.4. The van der Waals surface area contributed by atoms with Crippen LogP contribution in [0, 0.1) is 5.82 Å². The van der Waals surface area contributed by atoms with E-state index in [1.54, 1.807) is 31.2 Å². The molecule has 14 heteroatoms. The van der Waals surface area contributed by atoms with Crippen molar-refractivity contribution in [2.45, 2.75) is 75.1 Å². The third kappa shape index (κ3) is 7.50. The van der Waals surface area contributed by atoms with Crippen molar-refractivity contribution in [1.29, 1.82) is 0 Å². The summed E-state index contributed by atoms with van der Waals surface area (Å²) in [5.74, 6) is -2.46. The lowest BCUT2D eigenvalue weighted by Crippen LogP contribution is -2.68. The average Bonchev–Trinajstić information content (AvgIpc) is 3.25. The number of aliphatic hydroxyl groups is 1. The Morgan fingerprint density at radius 3 is 2.33 bits per heavy atom. The van der Waals surface area contributed by atoms with Crippen LogP contribution in [0.1, 0.15) is 45.7 Å². The number of nitrogens with one attached hydrogen (secondary N) is 2. The van der Waals surface area contributed by atoms with Gasteiger partial charge in [-0.2, -0.15) is 0 Å². The number of likely N-dealkylation sites (tertiary alicyclic amines) is 1. The van der Waals surface area contributed by atoms with Gasteiger partial charge in [0.2, 0.25) is 5.72 Å². The highest BCUT2D eigenvalue weighted by molar-refractivity contribution is 6.60. The zero-order valence-electron chi connectivity index (χ0n) is 26.8. The van der Waals surface area contributed by atoms with Crippen LogP contribution in [0.15, 0.2) is 53.8 Å². The van der Waals surface area contributed by atoms with Gasteiger partial charge in [0.05, 0.1) is 49.1 Å². The number of carbonyl (C=O) groups is 3. The fraction of sp³-hybridized carbons (Fsp3) is 0.516. The summed E-state index contributed by atoms with van der Waals surface area (Å²) in [6, 6.07) is 4.94. The van der Waals surface area contributed by atoms with Gasteiger partial charge in [-0.3, -0.25) is 19.4 Å². The number of hydrogen-bond acceptors (Lipinski definition) is 7. The van der Waals surface area contributed by atoms with Crippen LogP contribution < -0.4 is 10.6 Å². The van der Waals surface area contributed by atoms with Crippen molar-refractivity contribution in [3.8, 4) is 0 Å². The van der Waals surface area contributed by atoms with E-state index in [1.165, 1.54) is 25.4 Å². The standard InChI is InChI=1S/C31H39B4FN4O5/c1-7-8-9-23-22(16-40(25(23)42)30(44,26(43)37-6)31(34,35)29(32,33)19-41)14-38-13-21-12-20(10-11-24(21)36)15-39-17-27(2,3)45-28(4,5)18-39/h7-12,14,19,38,44H,13,15-18H2,1-6H3,(H,37,43)/b8-7-,22-14+,23-9+. The van der Waals surface area contributed by atoms with Crippen molar-refractivity contribution < 1.29 is 28.6 Å². The third-order valence-corrected chi connectivity index (χ3v) is 7.87. The summed E-state index contributed by atoms with van der Waals surface area (Å²) >= 11 is 0. The lowest BCUT2D eigenvalue weighted by atomic mass is 9.27. The van der Waals surface area contributed by atoms with E-state index in [4.69, 9.17) is 36.1 Å². The Morgan fingerprint density at radius 2 is 1.78 bits per heavy atom. The number of morpholine rings is 1. The van der Waals surface area contributed by atoms with Crippen LogP contribution in [0.5, 0.6) is 0 Å². The first-order valence-electron chi connectivity index (χ1n) is 14.6. The minimum absolute atomic E-state index is 0.0141. The number of likely N-dealkylation sites (N-methyl/N-ethyl adjacent to an activating group) is 1. The van der Waals surface area contributed by atoms with Gasteiger partial charge >= 0.3 is 0 Å². The smallest absolute Gasteiger partial charge is 0.272 e. The second kappa shape index (κ2) is 13.3. The highest BCUT2D eigenvalue weighted by Gasteiger charge is 2.61. The predicted octanol–water partition coefficient (Wildman–Crippen LogP) is 1.07. The van der Waals surface area contributed by atoms with Crippen molar-refractivity contribution in [2.75, 3.05) is 26.7 Å². The van der Waals surface area contributed by atoms with Gasteiger partial charge in [-0.05, 0) is 63.6 Å². The Morgan fingerprint density at radius 1 is 1.16 bits per heavy atom. The summed E-state index contributed by atoms with van der Waals surface area (Å²) in [4.78, 5) is 41.3. The van der Waals surface area contributed by atoms with Gasteiger partial charge in [-0.15, -0.1) is 0 Å². The molecule has 3 N–H and O–H groups in total. The Labute approximate surface area is 270 Å². The van der Waals surface area contributed by atoms with Gasteiger partial charge in [0.15, 0.2) is 0 Å². The molecular formula is C31H39B4FN4O5. The van der Waals surface area contributed by atoms with Crippen LogP contribution in [0.4, 0.5) is 4.39 Å². The summed E-state index contributed by atoms with van der Waals surface area (Å²) < 4.78 is 21.1.